The van der Waals surface area contributed by atoms with Crippen LogP contribution in [-0.2, 0) is 6.18 Å². The zero-order valence-corrected chi connectivity index (χ0v) is 10.4. The Hall–Kier alpha value is -2.64. The number of pyridine rings is 1. The second-order valence-corrected chi connectivity index (χ2v) is 4.41. The zero-order valence-electron chi connectivity index (χ0n) is 10.4. The number of alkyl halides is 3. The number of anilines is 1. The van der Waals surface area contributed by atoms with E-state index in [1.54, 1.807) is 0 Å². The van der Waals surface area contributed by atoms with Crippen LogP contribution in [0.1, 0.15) is 5.56 Å². The SMILES string of the molecule is Nc1ccc(F)c(-c2nnc3ccc(C(F)(F)F)cn23)c1. The lowest BCUT2D eigenvalue weighted by atomic mass is 10.1. The molecule has 0 unspecified atom stereocenters. The number of halogens is 4. The fraction of sp³-hybridized carbons (Fsp3) is 0.0769. The minimum absolute atomic E-state index is 0.0122. The first kappa shape index (κ1) is 13.3. The first-order valence-corrected chi connectivity index (χ1v) is 5.83. The third-order valence-electron chi connectivity index (χ3n) is 2.96. The summed E-state index contributed by atoms with van der Waals surface area (Å²) >= 11 is 0. The van der Waals surface area contributed by atoms with Crippen LogP contribution in [0.15, 0.2) is 36.5 Å². The summed E-state index contributed by atoms with van der Waals surface area (Å²) < 4.78 is 53.2. The van der Waals surface area contributed by atoms with Crippen molar-refractivity contribution in [2.75, 3.05) is 5.73 Å². The number of nitrogens with zero attached hydrogens (tertiary/aromatic N) is 3. The van der Waals surface area contributed by atoms with E-state index in [-0.39, 0.29) is 22.7 Å². The molecule has 3 rings (SSSR count). The number of nitrogen functional groups attached to an aromatic ring is 1. The van der Waals surface area contributed by atoms with Crippen molar-refractivity contribution in [1.82, 2.24) is 14.6 Å². The van der Waals surface area contributed by atoms with Crippen LogP contribution in [-0.4, -0.2) is 14.6 Å². The number of nitrogens with two attached hydrogens (primary N) is 1. The lowest BCUT2D eigenvalue weighted by molar-refractivity contribution is -0.137. The van der Waals surface area contributed by atoms with Gasteiger partial charge in [-0.2, -0.15) is 13.2 Å². The zero-order chi connectivity index (χ0) is 15.2. The van der Waals surface area contributed by atoms with Crippen molar-refractivity contribution in [3.05, 3.63) is 47.9 Å². The average molecular weight is 296 g/mol. The van der Waals surface area contributed by atoms with Crippen molar-refractivity contribution in [1.29, 1.82) is 0 Å². The maximum Gasteiger partial charge on any atom is 0.417 e. The molecule has 4 nitrogen and oxygen atoms in total. The van der Waals surface area contributed by atoms with E-state index in [0.29, 0.717) is 0 Å². The molecule has 108 valence electrons. The summed E-state index contributed by atoms with van der Waals surface area (Å²) in [6.45, 7) is 0. The van der Waals surface area contributed by atoms with E-state index in [1.165, 1.54) is 18.2 Å². The Morgan fingerprint density at radius 3 is 2.52 bits per heavy atom. The van der Waals surface area contributed by atoms with Crippen molar-refractivity contribution in [2.24, 2.45) is 0 Å². The molecule has 0 saturated carbocycles. The van der Waals surface area contributed by atoms with E-state index < -0.39 is 17.6 Å². The highest BCUT2D eigenvalue weighted by Gasteiger charge is 2.31. The van der Waals surface area contributed by atoms with Crippen molar-refractivity contribution in [3.63, 3.8) is 0 Å². The third-order valence-corrected chi connectivity index (χ3v) is 2.96. The van der Waals surface area contributed by atoms with Gasteiger partial charge in [-0.25, -0.2) is 4.39 Å². The normalized spacial score (nSPS) is 12.0. The van der Waals surface area contributed by atoms with Crippen molar-refractivity contribution in [2.45, 2.75) is 6.18 Å². The van der Waals surface area contributed by atoms with Crippen LogP contribution in [0.25, 0.3) is 17.0 Å². The highest BCUT2D eigenvalue weighted by atomic mass is 19.4. The summed E-state index contributed by atoms with van der Waals surface area (Å²) in [5.74, 6) is -0.684. The minimum atomic E-state index is -4.51. The molecule has 2 N–H and O–H groups in total. The van der Waals surface area contributed by atoms with Crippen molar-refractivity contribution >= 4 is 11.3 Å². The van der Waals surface area contributed by atoms with Crippen LogP contribution in [0, 0.1) is 5.82 Å². The van der Waals surface area contributed by atoms with Gasteiger partial charge in [-0.15, -0.1) is 10.2 Å². The number of benzene rings is 1. The van der Waals surface area contributed by atoms with Gasteiger partial charge < -0.3 is 5.73 Å². The Labute approximate surface area is 115 Å². The molecule has 0 aliphatic heterocycles. The molecule has 3 aromatic rings. The van der Waals surface area contributed by atoms with Gasteiger partial charge in [0.05, 0.1) is 11.1 Å². The van der Waals surface area contributed by atoms with Crippen LogP contribution in [0.3, 0.4) is 0 Å². The van der Waals surface area contributed by atoms with E-state index in [4.69, 9.17) is 5.73 Å². The van der Waals surface area contributed by atoms with Crippen LogP contribution in [0.2, 0.25) is 0 Å². The maximum absolute atomic E-state index is 13.8. The molecular weight excluding hydrogens is 288 g/mol. The Balaban J connectivity index is 2.26. The standard InChI is InChI=1S/C13H8F4N4/c14-10-3-2-8(18)5-9(10)12-20-19-11-4-1-7(6-21(11)12)13(15,16)17/h1-6H,18H2. The summed E-state index contributed by atoms with van der Waals surface area (Å²) in [7, 11) is 0. The van der Waals surface area contributed by atoms with Crippen LogP contribution < -0.4 is 5.73 Å². The second kappa shape index (κ2) is 4.44. The minimum Gasteiger partial charge on any atom is -0.399 e. The van der Waals surface area contributed by atoms with Gasteiger partial charge in [-0.3, -0.25) is 4.40 Å². The maximum atomic E-state index is 13.8. The Bertz CT molecular complexity index is 823. The largest absolute Gasteiger partial charge is 0.417 e. The fourth-order valence-electron chi connectivity index (χ4n) is 1.96. The molecule has 0 fully saturated rings. The highest BCUT2D eigenvalue weighted by Crippen LogP contribution is 2.31. The summed E-state index contributed by atoms with van der Waals surface area (Å²) in [6.07, 6.45) is -3.68. The summed E-state index contributed by atoms with van der Waals surface area (Å²) in [5, 5.41) is 7.47. The Morgan fingerprint density at radius 2 is 1.81 bits per heavy atom. The van der Waals surface area contributed by atoms with E-state index in [0.717, 1.165) is 22.7 Å². The molecule has 0 radical (unpaired) electrons. The number of aromatic nitrogens is 3. The van der Waals surface area contributed by atoms with E-state index in [1.807, 2.05) is 0 Å². The van der Waals surface area contributed by atoms with E-state index in [2.05, 4.69) is 10.2 Å². The predicted molar refractivity (Wildman–Crippen MR) is 67.8 cm³/mol. The lowest BCUT2D eigenvalue weighted by Gasteiger charge is -2.08. The molecule has 2 aromatic heterocycles. The Kier molecular flexibility index (Phi) is 2.82. The molecule has 1 aromatic carbocycles. The lowest BCUT2D eigenvalue weighted by Crippen LogP contribution is -2.06. The van der Waals surface area contributed by atoms with Crippen molar-refractivity contribution in [3.8, 4) is 11.4 Å². The summed E-state index contributed by atoms with van der Waals surface area (Å²) in [6, 6.07) is 5.83. The molecular formula is C13H8F4N4. The molecule has 8 heteroatoms. The molecule has 0 atom stereocenters. The molecule has 0 spiro atoms. The van der Waals surface area contributed by atoms with Gasteiger partial charge in [0.2, 0.25) is 0 Å². The first-order valence-electron chi connectivity index (χ1n) is 5.83. The van der Waals surface area contributed by atoms with Crippen LogP contribution in [0.5, 0.6) is 0 Å². The number of rotatable bonds is 1. The monoisotopic (exact) mass is 296 g/mol. The smallest absolute Gasteiger partial charge is 0.399 e. The topological polar surface area (TPSA) is 56.2 Å². The van der Waals surface area contributed by atoms with Crippen LogP contribution >= 0.6 is 0 Å². The van der Waals surface area contributed by atoms with E-state index >= 15 is 0 Å². The number of hydrogen-bond acceptors (Lipinski definition) is 3. The fourth-order valence-corrected chi connectivity index (χ4v) is 1.96. The third kappa shape index (κ3) is 2.28. The van der Waals surface area contributed by atoms with Crippen LogP contribution in [0.4, 0.5) is 23.2 Å². The van der Waals surface area contributed by atoms with Gasteiger partial charge in [-0.05, 0) is 30.3 Å². The first-order chi connectivity index (χ1) is 9.86. The predicted octanol–water partition coefficient (Wildman–Crippen LogP) is 3.14. The molecule has 21 heavy (non-hydrogen) atoms. The van der Waals surface area contributed by atoms with E-state index in [9.17, 15) is 17.6 Å². The average Bonchev–Trinajstić information content (AvgIpc) is 2.83. The molecule has 0 aliphatic carbocycles. The van der Waals surface area contributed by atoms with Gasteiger partial charge in [0.15, 0.2) is 11.5 Å². The summed E-state index contributed by atoms with van der Waals surface area (Å²) in [5.41, 5.74) is 5.14. The van der Waals surface area contributed by atoms with Gasteiger partial charge in [0.1, 0.15) is 5.82 Å². The molecule has 0 bridgehead atoms. The van der Waals surface area contributed by atoms with Gasteiger partial charge >= 0.3 is 6.18 Å². The number of hydrogen-bond donors (Lipinski definition) is 1. The quantitative estimate of drug-likeness (QED) is 0.554. The van der Waals surface area contributed by atoms with Gasteiger partial charge in [-0.1, -0.05) is 0 Å². The van der Waals surface area contributed by atoms with Gasteiger partial charge in [0, 0.05) is 11.9 Å². The number of fused-ring (bicyclic) bond motifs is 1. The van der Waals surface area contributed by atoms with Crippen molar-refractivity contribution < 1.29 is 17.6 Å². The molecule has 0 amide bonds. The second-order valence-electron chi connectivity index (χ2n) is 4.41. The molecule has 2 heterocycles. The van der Waals surface area contributed by atoms with Gasteiger partial charge in [0.25, 0.3) is 0 Å². The highest BCUT2D eigenvalue weighted by molar-refractivity contribution is 5.64. The summed E-state index contributed by atoms with van der Waals surface area (Å²) in [4.78, 5) is 0. The molecule has 0 saturated heterocycles. The Morgan fingerprint density at radius 1 is 1.05 bits per heavy atom. The molecule has 0 aliphatic rings.